The number of hydrogen-bond donors (Lipinski definition) is 2. The van der Waals surface area contributed by atoms with Crippen LogP contribution in [0.4, 0.5) is 18.9 Å². The van der Waals surface area contributed by atoms with Gasteiger partial charge in [-0.1, -0.05) is 23.2 Å². The second kappa shape index (κ2) is 12.1. The Bertz CT molecular complexity index is 1550. The van der Waals surface area contributed by atoms with Crippen molar-refractivity contribution in [2.75, 3.05) is 25.1 Å². The summed E-state index contributed by atoms with van der Waals surface area (Å²) in [4.78, 5) is 49.0. The van der Waals surface area contributed by atoms with Crippen LogP contribution in [0.25, 0.3) is 5.82 Å². The molecule has 42 heavy (non-hydrogen) atoms. The number of carbonyl (C=O) groups excluding carboxylic acids is 3. The summed E-state index contributed by atoms with van der Waals surface area (Å²) in [5, 5.41) is 10.5. The van der Waals surface area contributed by atoms with Gasteiger partial charge in [0, 0.05) is 21.8 Å². The minimum absolute atomic E-state index is 0.0410. The number of halogens is 6. The van der Waals surface area contributed by atoms with Crippen LogP contribution >= 0.6 is 39.1 Å². The summed E-state index contributed by atoms with van der Waals surface area (Å²) in [6.07, 6.45) is -1.30. The number of nitrogens with zero attached hydrogens (tertiary/aromatic N) is 4. The van der Waals surface area contributed by atoms with E-state index in [0.717, 1.165) is 23.6 Å². The smallest absolute Gasteiger partial charge is 0.422 e. The molecule has 1 saturated heterocycles. The second-order valence-electron chi connectivity index (χ2n) is 9.42. The summed E-state index contributed by atoms with van der Waals surface area (Å²) in [6, 6.07) is 5.67. The number of hydrogen-bond acceptors (Lipinski definition) is 7. The van der Waals surface area contributed by atoms with E-state index in [0.29, 0.717) is 12.5 Å². The highest BCUT2D eigenvalue weighted by molar-refractivity contribution is 9.10. The van der Waals surface area contributed by atoms with Crippen LogP contribution in [0.15, 0.2) is 41.0 Å². The number of ether oxygens (including phenoxy) is 1. The Morgan fingerprint density at radius 3 is 2.64 bits per heavy atom. The molecule has 3 amide bonds. The molecule has 17 heteroatoms. The highest BCUT2D eigenvalue weighted by Gasteiger charge is 2.38. The SMILES string of the molecule is O=C(NC1CON(CC2CC2)C1=O)c1cc(Cl)cc(Br)c1NC(=O)c1cc(OCC(F)(F)F)nn1-c1ncccc1Cl. The van der Waals surface area contributed by atoms with E-state index in [9.17, 15) is 27.6 Å². The summed E-state index contributed by atoms with van der Waals surface area (Å²) < 4.78 is 44.2. The Kier molecular flexibility index (Phi) is 8.64. The molecule has 2 aromatic heterocycles. The van der Waals surface area contributed by atoms with Gasteiger partial charge in [0.25, 0.3) is 17.7 Å². The molecule has 0 radical (unpaired) electrons. The molecule has 1 unspecified atom stereocenters. The minimum atomic E-state index is -4.66. The summed E-state index contributed by atoms with van der Waals surface area (Å²) in [5.74, 6) is -2.25. The lowest BCUT2D eigenvalue weighted by atomic mass is 10.1. The first-order chi connectivity index (χ1) is 19.9. The molecule has 1 aliphatic heterocycles. The van der Waals surface area contributed by atoms with Crippen LogP contribution in [0.1, 0.15) is 33.7 Å². The van der Waals surface area contributed by atoms with Gasteiger partial charge in [-0.25, -0.2) is 14.7 Å². The Morgan fingerprint density at radius 1 is 1.19 bits per heavy atom. The predicted octanol–water partition coefficient (Wildman–Crippen LogP) is 4.81. The largest absolute Gasteiger partial charge is 0.467 e. The zero-order valence-electron chi connectivity index (χ0n) is 21.3. The first-order valence-corrected chi connectivity index (χ1v) is 13.9. The van der Waals surface area contributed by atoms with Gasteiger partial charge in [0.1, 0.15) is 18.3 Å². The number of anilines is 1. The number of carbonyl (C=O) groups is 3. The molecule has 1 aromatic carbocycles. The van der Waals surface area contributed by atoms with Crippen LogP contribution in [0, 0.1) is 5.92 Å². The van der Waals surface area contributed by atoms with Gasteiger partial charge >= 0.3 is 6.18 Å². The van der Waals surface area contributed by atoms with E-state index in [-0.39, 0.29) is 43.9 Å². The van der Waals surface area contributed by atoms with Gasteiger partial charge in [0.15, 0.2) is 12.4 Å². The fourth-order valence-electron chi connectivity index (χ4n) is 3.99. The Hall–Kier alpha value is -3.40. The molecule has 222 valence electrons. The summed E-state index contributed by atoms with van der Waals surface area (Å²) in [7, 11) is 0. The molecule has 2 fully saturated rings. The van der Waals surface area contributed by atoms with E-state index in [4.69, 9.17) is 32.8 Å². The molecule has 11 nitrogen and oxygen atoms in total. The molecule has 2 N–H and O–H groups in total. The lowest BCUT2D eigenvalue weighted by molar-refractivity contribution is -0.162. The van der Waals surface area contributed by atoms with Gasteiger partial charge < -0.3 is 15.4 Å². The molecular formula is C25H20BrCl2F3N6O5. The van der Waals surface area contributed by atoms with Crippen LogP contribution in [0.3, 0.4) is 0 Å². The molecular weight excluding hydrogens is 672 g/mol. The van der Waals surface area contributed by atoms with E-state index in [1.165, 1.54) is 35.5 Å². The number of rotatable bonds is 9. The number of amides is 3. The molecule has 3 heterocycles. The molecule has 2 aliphatic rings. The summed E-state index contributed by atoms with van der Waals surface area (Å²) in [6.45, 7) is -1.28. The first kappa shape index (κ1) is 30.1. The highest BCUT2D eigenvalue weighted by Crippen LogP contribution is 2.33. The lowest BCUT2D eigenvalue weighted by Gasteiger charge is -2.16. The monoisotopic (exact) mass is 690 g/mol. The highest BCUT2D eigenvalue weighted by atomic mass is 79.9. The maximum Gasteiger partial charge on any atom is 0.422 e. The summed E-state index contributed by atoms with van der Waals surface area (Å²) in [5.41, 5.74) is -0.455. The Balaban J connectivity index is 1.42. The topological polar surface area (TPSA) is 128 Å². The van der Waals surface area contributed by atoms with Crippen molar-refractivity contribution in [3.05, 3.63) is 62.3 Å². The van der Waals surface area contributed by atoms with Crippen LogP contribution in [0.5, 0.6) is 5.88 Å². The molecule has 1 saturated carbocycles. The van der Waals surface area contributed by atoms with Crippen molar-refractivity contribution in [2.45, 2.75) is 25.1 Å². The van der Waals surface area contributed by atoms with E-state index < -0.39 is 42.4 Å². The molecule has 5 rings (SSSR count). The lowest BCUT2D eigenvalue weighted by Crippen LogP contribution is -2.43. The van der Waals surface area contributed by atoms with Crippen LogP contribution in [-0.4, -0.2) is 69.5 Å². The van der Waals surface area contributed by atoms with Crippen molar-refractivity contribution in [2.24, 2.45) is 5.92 Å². The fraction of sp³-hybridized carbons (Fsp3) is 0.320. The van der Waals surface area contributed by atoms with Crippen molar-refractivity contribution in [3.8, 4) is 11.7 Å². The van der Waals surface area contributed by atoms with E-state index >= 15 is 0 Å². The molecule has 1 aliphatic carbocycles. The van der Waals surface area contributed by atoms with Crippen molar-refractivity contribution in [1.82, 2.24) is 25.1 Å². The fourth-order valence-corrected chi connectivity index (χ4v) is 5.10. The molecule has 1 atom stereocenters. The van der Waals surface area contributed by atoms with Crippen molar-refractivity contribution in [1.29, 1.82) is 0 Å². The number of alkyl halides is 3. The van der Waals surface area contributed by atoms with Crippen molar-refractivity contribution < 1.29 is 37.1 Å². The Labute approximate surface area is 254 Å². The molecule has 3 aromatic rings. The standard InChI is InChI=1S/C25H20BrCl2F3N6O5/c26-15-7-13(27)6-14(22(38)33-17-10-42-36(24(17)40)9-12-3-4-12)20(15)34-23(39)18-8-19(41-11-25(29,30)31)35-37(18)21-16(28)2-1-5-32-21/h1-2,5-8,12,17H,3-4,9-11H2,(H,33,38)(H,34,39). The third kappa shape index (κ3) is 6.97. The average molecular weight is 692 g/mol. The zero-order valence-corrected chi connectivity index (χ0v) is 24.4. The van der Waals surface area contributed by atoms with E-state index in [1.54, 1.807) is 0 Å². The van der Waals surface area contributed by atoms with Crippen LogP contribution in [-0.2, 0) is 9.63 Å². The maximum atomic E-state index is 13.5. The normalized spacial score (nSPS) is 17.0. The molecule has 0 spiro atoms. The number of benzene rings is 1. The number of hydroxylamine groups is 2. The van der Waals surface area contributed by atoms with Gasteiger partial charge in [0.2, 0.25) is 5.88 Å². The Morgan fingerprint density at radius 2 is 1.95 bits per heavy atom. The maximum absolute atomic E-state index is 13.5. The third-order valence-corrected chi connectivity index (χ3v) is 7.29. The first-order valence-electron chi connectivity index (χ1n) is 12.4. The minimum Gasteiger partial charge on any atom is -0.467 e. The van der Waals surface area contributed by atoms with Gasteiger partial charge in [-0.05, 0) is 59.0 Å². The van der Waals surface area contributed by atoms with E-state index in [2.05, 4.69) is 36.6 Å². The van der Waals surface area contributed by atoms with E-state index in [1.807, 2.05) is 0 Å². The number of aromatic nitrogens is 3. The zero-order chi connectivity index (χ0) is 30.2. The second-order valence-corrected chi connectivity index (χ2v) is 11.1. The van der Waals surface area contributed by atoms with Crippen molar-refractivity contribution >= 4 is 62.5 Å². The average Bonchev–Trinajstić information content (AvgIpc) is 3.54. The third-order valence-electron chi connectivity index (χ3n) is 6.15. The van der Waals surface area contributed by atoms with Crippen LogP contribution < -0.4 is 15.4 Å². The van der Waals surface area contributed by atoms with Crippen molar-refractivity contribution in [3.63, 3.8) is 0 Å². The summed E-state index contributed by atoms with van der Waals surface area (Å²) >= 11 is 15.7. The molecule has 0 bridgehead atoms. The van der Waals surface area contributed by atoms with Gasteiger partial charge in [-0.15, -0.1) is 5.10 Å². The van der Waals surface area contributed by atoms with Crippen LogP contribution in [0.2, 0.25) is 10.0 Å². The number of pyridine rings is 1. The predicted molar refractivity (Wildman–Crippen MR) is 147 cm³/mol. The van der Waals surface area contributed by atoms with Gasteiger partial charge in [-0.3, -0.25) is 19.2 Å². The number of nitrogens with one attached hydrogen (secondary N) is 2. The van der Waals surface area contributed by atoms with Gasteiger partial charge in [-0.2, -0.15) is 13.2 Å². The quantitative estimate of drug-likeness (QED) is 0.330. The van der Waals surface area contributed by atoms with Gasteiger partial charge in [0.05, 0.1) is 22.8 Å².